The molecular weight excluding hydrogens is 446 g/mol. The van der Waals surface area contributed by atoms with Gasteiger partial charge in [-0.25, -0.2) is 4.98 Å². The molecule has 0 radical (unpaired) electrons. The number of methoxy groups -OCH3 is 1. The summed E-state index contributed by atoms with van der Waals surface area (Å²) in [5.74, 6) is 0.813. The number of hydrogen-bond acceptors (Lipinski definition) is 6. The van der Waals surface area contributed by atoms with Gasteiger partial charge >= 0.3 is 0 Å². The first-order chi connectivity index (χ1) is 16.9. The highest BCUT2D eigenvalue weighted by Crippen LogP contribution is 2.47. The van der Waals surface area contributed by atoms with Crippen LogP contribution in [0.1, 0.15) is 49.0 Å². The van der Waals surface area contributed by atoms with Crippen LogP contribution in [-0.2, 0) is 4.79 Å². The third kappa shape index (κ3) is 3.69. The quantitative estimate of drug-likeness (QED) is 0.487. The summed E-state index contributed by atoms with van der Waals surface area (Å²) in [5, 5.41) is 12.8. The van der Waals surface area contributed by atoms with E-state index in [2.05, 4.69) is 15.4 Å². The molecule has 1 N–H and O–H groups in total. The lowest BCUT2D eigenvalue weighted by molar-refractivity contribution is -0.143. The lowest BCUT2D eigenvalue weighted by atomic mass is 9.67. The Balaban J connectivity index is 1.22. The molecule has 0 atom stereocenters. The molecule has 0 unspecified atom stereocenters. The van der Waals surface area contributed by atoms with Crippen molar-refractivity contribution >= 4 is 34.2 Å². The number of amides is 2. The summed E-state index contributed by atoms with van der Waals surface area (Å²) in [6.45, 7) is 3.41. The Morgan fingerprint density at radius 1 is 1.20 bits per heavy atom. The normalized spacial score (nSPS) is 17.6. The van der Waals surface area contributed by atoms with Crippen LogP contribution in [0.15, 0.2) is 42.9 Å². The van der Waals surface area contributed by atoms with Gasteiger partial charge in [0.2, 0.25) is 5.91 Å². The summed E-state index contributed by atoms with van der Waals surface area (Å²) in [6, 6.07) is 7.56. The standard InChI is InChI=1S/C25H27N7O3/c1-16(33)30-14-25(15-30)7-5-18(6-8-25)31-13-17-10-19(21(35-2)11-20(17)29-31)24(34)28-23-12-26-22-4-3-9-27-32(22)23/h3-4,9-13,18H,5-8,14-15H2,1-2H3,(H,28,34). The predicted octanol–water partition coefficient (Wildman–Crippen LogP) is 3.30. The number of nitrogens with one attached hydrogen (secondary N) is 1. The number of ether oxygens (including phenoxy) is 1. The number of carbonyl (C=O) groups is 2. The molecule has 1 spiro atoms. The topological polar surface area (TPSA) is 107 Å². The maximum Gasteiger partial charge on any atom is 0.260 e. The van der Waals surface area contributed by atoms with Crippen molar-refractivity contribution in [1.29, 1.82) is 0 Å². The molecule has 10 nitrogen and oxygen atoms in total. The molecule has 1 saturated heterocycles. The molecule has 2 amide bonds. The van der Waals surface area contributed by atoms with E-state index in [0.717, 1.165) is 49.7 Å². The lowest BCUT2D eigenvalue weighted by Crippen LogP contribution is -2.59. The van der Waals surface area contributed by atoms with Gasteiger partial charge in [0, 0.05) is 49.3 Å². The summed E-state index contributed by atoms with van der Waals surface area (Å²) in [4.78, 5) is 30.9. The Morgan fingerprint density at radius 3 is 2.74 bits per heavy atom. The summed E-state index contributed by atoms with van der Waals surface area (Å²) in [6.07, 6.45) is 9.51. The molecular formula is C25H27N7O3. The second-order valence-electron chi connectivity index (χ2n) is 9.72. The first kappa shape index (κ1) is 21.6. The van der Waals surface area contributed by atoms with Crippen LogP contribution in [0.4, 0.5) is 5.82 Å². The van der Waals surface area contributed by atoms with E-state index in [0.29, 0.717) is 28.8 Å². The highest BCUT2D eigenvalue weighted by molar-refractivity contribution is 6.08. The largest absolute Gasteiger partial charge is 0.496 e. The number of benzene rings is 1. The zero-order valence-corrected chi connectivity index (χ0v) is 19.8. The Labute approximate surface area is 201 Å². The number of likely N-dealkylation sites (tertiary alicyclic amines) is 1. The third-order valence-electron chi connectivity index (χ3n) is 7.50. The summed E-state index contributed by atoms with van der Waals surface area (Å²) in [7, 11) is 1.55. The molecule has 0 bridgehead atoms. The number of hydrogen-bond donors (Lipinski definition) is 1. The SMILES string of the molecule is COc1cc2nn(C3CCC4(CC3)CN(C(C)=O)C4)cc2cc1C(=O)Nc1cnc2cccnn12. The Bertz CT molecular complexity index is 1440. The zero-order chi connectivity index (χ0) is 24.2. The molecule has 2 aliphatic rings. The van der Waals surface area contributed by atoms with Crippen molar-refractivity contribution in [1.82, 2.24) is 29.3 Å². The number of nitrogens with zero attached hydrogens (tertiary/aromatic N) is 6. The second-order valence-corrected chi connectivity index (χ2v) is 9.72. The highest BCUT2D eigenvalue weighted by Gasteiger charge is 2.46. The molecule has 6 rings (SSSR count). The number of imidazole rings is 1. The van der Waals surface area contributed by atoms with Crippen molar-refractivity contribution in [2.75, 3.05) is 25.5 Å². The fourth-order valence-electron chi connectivity index (χ4n) is 5.48. The van der Waals surface area contributed by atoms with Crippen LogP contribution in [0.25, 0.3) is 16.6 Å². The van der Waals surface area contributed by atoms with Gasteiger partial charge in [0.1, 0.15) is 5.75 Å². The third-order valence-corrected chi connectivity index (χ3v) is 7.50. The molecule has 1 aromatic carbocycles. The number of aromatic nitrogens is 5. The van der Waals surface area contributed by atoms with Crippen molar-refractivity contribution < 1.29 is 14.3 Å². The molecule has 1 aliphatic heterocycles. The van der Waals surface area contributed by atoms with E-state index in [1.54, 1.807) is 37.0 Å². The number of carbonyl (C=O) groups excluding carboxylic acids is 2. The van der Waals surface area contributed by atoms with E-state index in [1.807, 2.05) is 34.0 Å². The van der Waals surface area contributed by atoms with E-state index in [9.17, 15) is 9.59 Å². The fourth-order valence-corrected chi connectivity index (χ4v) is 5.48. The molecule has 1 saturated carbocycles. The minimum absolute atomic E-state index is 0.169. The summed E-state index contributed by atoms with van der Waals surface area (Å²) < 4.78 is 9.15. The summed E-state index contributed by atoms with van der Waals surface area (Å²) >= 11 is 0. The minimum Gasteiger partial charge on any atom is -0.496 e. The average Bonchev–Trinajstić information content (AvgIpc) is 3.45. The molecule has 35 heavy (non-hydrogen) atoms. The van der Waals surface area contributed by atoms with Gasteiger partial charge < -0.3 is 15.0 Å². The van der Waals surface area contributed by atoms with Crippen molar-refractivity contribution in [3.63, 3.8) is 0 Å². The minimum atomic E-state index is -0.302. The van der Waals surface area contributed by atoms with E-state index >= 15 is 0 Å². The number of rotatable bonds is 4. The Hall–Kier alpha value is -3.95. The van der Waals surface area contributed by atoms with E-state index in [4.69, 9.17) is 9.84 Å². The van der Waals surface area contributed by atoms with Crippen LogP contribution in [-0.4, -0.2) is 61.3 Å². The molecule has 1 aliphatic carbocycles. The second kappa shape index (κ2) is 8.07. The van der Waals surface area contributed by atoms with E-state index < -0.39 is 0 Å². The Morgan fingerprint density at radius 2 is 2.00 bits per heavy atom. The van der Waals surface area contributed by atoms with E-state index in [-0.39, 0.29) is 17.2 Å². The maximum absolute atomic E-state index is 13.2. The van der Waals surface area contributed by atoms with Gasteiger partial charge in [-0.15, -0.1) is 0 Å². The molecule has 10 heteroatoms. The maximum atomic E-state index is 13.2. The van der Waals surface area contributed by atoms with Gasteiger partial charge in [-0.3, -0.25) is 14.3 Å². The van der Waals surface area contributed by atoms with Crippen LogP contribution in [0.2, 0.25) is 0 Å². The monoisotopic (exact) mass is 473 g/mol. The number of anilines is 1. The van der Waals surface area contributed by atoms with Crippen molar-refractivity contribution in [3.8, 4) is 5.75 Å². The lowest BCUT2D eigenvalue weighted by Gasteiger charge is -2.53. The van der Waals surface area contributed by atoms with Gasteiger partial charge in [0.25, 0.3) is 5.91 Å². The number of fused-ring (bicyclic) bond motifs is 2. The van der Waals surface area contributed by atoms with Crippen LogP contribution >= 0.6 is 0 Å². The molecule has 3 aromatic heterocycles. The van der Waals surface area contributed by atoms with Gasteiger partial charge in [-0.05, 0) is 43.9 Å². The first-order valence-corrected chi connectivity index (χ1v) is 11.9. The zero-order valence-electron chi connectivity index (χ0n) is 19.8. The van der Waals surface area contributed by atoms with Gasteiger partial charge in [-0.1, -0.05) is 0 Å². The van der Waals surface area contributed by atoms with Crippen LogP contribution in [0.5, 0.6) is 5.75 Å². The first-order valence-electron chi connectivity index (χ1n) is 11.9. The van der Waals surface area contributed by atoms with Gasteiger partial charge in [0.05, 0.1) is 30.4 Å². The van der Waals surface area contributed by atoms with Crippen LogP contribution in [0.3, 0.4) is 0 Å². The molecule has 180 valence electrons. The van der Waals surface area contributed by atoms with Crippen molar-refractivity contribution in [2.45, 2.75) is 38.6 Å². The highest BCUT2D eigenvalue weighted by atomic mass is 16.5. The summed E-state index contributed by atoms with van der Waals surface area (Å²) in [5.41, 5.74) is 2.15. The average molecular weight is 474 g/mol. The van der Waals surface area contributed by atoms with Crippen molar-refractivity contribution in [3.05, 3.63) is 48.4 Å². The van der Waals surface area contributed by atoms with Crippen molar-refractivity contribution in [2.24, 2.45) is 5.41 Å². The molecule has 4 aromatic rings. The van der Waals surface area contributed by atoms with Crippen LogP contribution < -0.4 is 10.1 Å². The molecule has 4 heterocycles. The Kier molecular flexibility index (Phi) is 4.98. The molecule has 2 fully saturated rings. The van der Waals surface area contributed by atoms with E-state index in [1.165, 1.54) is 0 Å². The fraction of sp³-hybridized carbons (Fsp3) is 0.400. The smallest absolute Gasteiger partial charge is 0.260 e. The van der Waals surface area contributed by atoms with Gasteiger partial charge in [-0.2, -0.15) is 14.7 Å². The predicted molar refractivity (Wildman–Crippen MR) is 129 cm³/mol. The van der Waals surface area contributed by atoms with Crippen LogP contribution in [0, 0.1) is 5.41 Å². The van der Waals surface area contributed by atoms with Gasteiger partial charge in [0.15, 0.2) is 11.5 Å².